The van der Waals surface area contributed by atoms with Gasteiger partial charge < -0.3 is 30.3 Å². The third-order valence-electron chi connectivity index (χ3n) is 10.9. The van der Waals surface area contributed by atoms with Crippen LogP contribution in [-0.2, 0) is 28.9 Å². The van der Waals surface area contributed by atoms with Gasteiger partial charge in [-0.3, -0.25) is 19.4 Å². The third kappa shape index (κ3) is 4.93. The maximum Gasteiger partial charge on any atom is 0.242 e. The lowest BCUT2D eigenvalue weighted by Gasteiger charge is -2.60. The van der Waals surface area contributed by atoms with E-state index in [1.165, 1.54) is 0 Å². The van der Waals surface area contributed by atoms with Crippen molar-refractivity contribution in [3.05, 3.63) is 80.9 Å². The second-order valence-corrected chi connectivity index (χ2v) is 13.6. The average Bonchev–Trinajstić information content (AvgIpc) is 3.56. The third-order valence-corrected chi connectivity index (χ3v) is 10.9. The van der Waals surface area contributed by atoms with Crippen LogP contribution in [0.2, 0.25) is 0 Å². The number of aromatic hydroxyl groups is 2. The van der Waals surface area contributed by atoms with Crippen molar-refractivity contribution in [2.24, 2.45) is 0 Å². The summed E-state index contributed by atoms with van der Waals surface area (Å²) in [6.07, 6.45) is 1.12. The summed E-state index contributed by atoms with van der Waals surface area (Å²) in [4.78, 5) is 30.6. The van der Waals surface area contributed by atoms with Crippen LogP contribution >= 0.6 is 0 Å². The normalized spacial score (nSPS) is 24.5. The van der Waals surface area contributed by atoms with Gasteiger partial charge in [0.05, 0.1) is 24.6 Å². The van der Waals surface area contributed by atoms with Crippen LogP contribution in [0.1, 0.15) is 63.5 Å². The van der Waals surface area contributed by atoms with Gasteiger partial charge in [0.25, 0.3) is 0 Å². The van der Waals surface area contributed by atoms with E-state index in [0.717, 1.165) is 27.8 Å². The van der Waals surface area contributed by atoms with Crippen molar-refractivity contribution < 1.29 is 29.3 Å². The molecule has 0 aromatic heterocycles. The Balaban J connectivity index is 1.26. The SMILES string of the molecule is Cc1cc2c(c(O)c1C)[C@@H]1C3Cc4c(O)c(C)c5c(c4[C@H](CNC(=O)[C@H](C)NC(=O)Cc4ccccc4)N3[C@@H](C#N)[C@H](C2)N1C)OCO5. The second-order valence-electron chi connectivity index (χ2n) is 13.6. The molecule has 0 radical (unpaired) electrons. The van der Waals surface area contributed by atoms with Crippen LogP contribution in [0.5, 0.6) is 23.0 Å². The number of carbonyl (C=O) groups is 2. The summed E-state index contributed by atoms with van der Waals surface area (Å²) in [5.41, 5.74) is 6.49. The van der Waals surface area contributed by atoms with Gasteiger partial charge in [0.15, 0.2) is 11.5 Å². The minimum atomic E-state index is -0.814. The minimum Gasteiger partial charge on any atom is -0.507 e. The molecule has 1 fully saturated rings. The molecular weight excluding hydrogens is 610 g/mol. The lowest BCUT2D eigenvalue weighted by Crippen LogP contribution is -2.69. The van der Waals surface area contributed by atoms with Gasteiger partial charge in [-0.1, -0.05) is 36.4 Å². The van der Waals surface area contributed by atoms with Gasteiger partial charge >= 0.3 is 0 Å². The van der Waals surface area contributed by atoms with E-state index in [9.17, 15) is 25.1 Å². The Morgan fingerprint density at radius 1 is 1.02 bits per heavy atom. The molecule has 1 saturated heterocycles. The summed E-state index contributed by atoms with van der Waals surface area (Å²) in [6, 6.07) is 11.3. The number of piperazine rings is 1. The molecule has 0 saturated carbocycles. The van der Waals surface area contributed by atoms with E-state index in [-0.39, 0.29) is 61.2 Å². The van der Waals surface area contributed by atoms with E-state index in [1.54, 1.807) is 13.8 Å². The van der Waals surface area contributed by atoms with Gasteiger partial charge in [-0.2, -0.15) is 5.26 Å². The van der Waals surface area contributed by atoms with E-state index in [2.05, 4.69) is 32.6 Å². The van der Waals surface area contributed by atoms with Crippen molar-refractivity contribution >= 4 is 11.8 Å². The molecule has 1 unspecified atom stereocenters. The molecule has 3 aromatic carbocycles. The van der Waals surface area contributed by atoms with Gasteiger partial charge in [-0.15, -0.1) is 0 Å². The predicted octanol–water partition coefficient (Wildman–Crippen LogP) is 3.39. The summed E-state index contributed by atoms with van der Waals surface area (Å²) in [5.74, 6) is 0.693. The molecule has 6 atom stereocenters. The Labute approximate surface area is 280 Å². The van der Waals surface area contributed by atoms with Crippen LogP contribution in [-0.4, -0.2) is 76.4 Å². The maximum atomic E-state index is 13.5. The zero-order valence-electron chi connectivity index (χ0n) is 27.8. The number of phenols is 2. The number of likely N-dealkylation sites (N-methyl/N-ethyl adjacent to an activating group) is 1. The first-order chi connectivity index (χ1) is 23.0. The zero-order valence-corrected chi connectivity index (χ0v) is 27.8. The Morgan fingerprint density at radius 3 is 2.48 bits per heavy atom. The molecule has 2 amide bonds. The van der Waals surface area contributed by atoms with Crippen molar-refractivity contribution in [2.45, 2.75) is 83.2 Å². The molecule has 11 heteroatoms. The average molecular weight is 652 g/mol. The monoisotopic (exact) mass is 651 g/mol. The number of hydrogen-bond acceptors (Lipinski definition) is 9. The number of nitrogens with zero attached hydrogens (tertiary/aromatic N) is 3. The van der Waals surface area contributed by atoms with Crippen LogP contribution < -0.4 is 20.1 Å². The van der Waals surface area contributed by atoms with Crippen LogP contribution in [0.25, 0.3) is 0 Å². The molecule has 0 spiro atoms. The fourth-order valence-electron chi connectivity index (χ4n) is 8.40. The van der Waals surface area contributed by atoms with Crippen molar-refractivity contribution in [3.63, 3.8) is 0 Å². The first kappa shape index (κ1) is 31.8. The first-order valence-electron chi connectivity index (χ1n) is 16.5. The largest absolute Gasteiger partial charge is 0.507 e. The Hall–Kier alpha value is -4.79. The van der Waals surface area contributed by atoms with Gasteiger partial charge in [-0.05, 0) is 69.8 Å². The summed E-state index contributed by atoms with van der Waals surface area (Å²) in [7, 11) is 2.01. The number of ether oxygens (including phenoxy) is 2. The van der Waals surface area contributed by atoms with Crippen LogP contribution in [0.4, 0.5) is 0 Å². The molecule has 48 heavy (non-hydrogen) atoms. The minimum absolute atomic E-state index is 0.00536. The summed E-state index contributed by atoms with van der Waals surface area (Å²) >= 11 is 0. The molecule has 7 rings (SSSR count). The molecule has 4 aliphatic heterocycles. The van der Waals surface area contributed by atoms with Gasteiger partial charge in [0.2, 0.25) is 18.6 Å². The molecule has 4 aliphatic rings. The van der Waals surface area contributed by atoms with Crippen molar-refractivity contribution in [2.75, 3.05) is 20.4 Å². The molecule has 4 N–H and O–H groups in total. The second kappa shape index (κ2) is 12.0. The molecule has 3 aromatic rings. The standard InChI is InChI=1S/C37H41N5O6/c1-18-11-23-13-25-27(15-38)42-26(32(41(25)5)30(23)34(45)19(18)2)14-24-31(36-35(47-17-48-36)20(3)33(24)44)28(42)16-39-37(46)21(4)40-29(43)12-22-9-7-6-8-10-22/h6-11,21,25-28,32,44-45H,12-14,16-17H2,1-5H3,(H,39,46)(H,40,43)/t21-,25-,26?,27-,28-,32-/m0/s1. The van der Waals surface area contributed by atoms with Crippen LogP contribution in [0.3, 0.4) is 0 Å². The number of nitrogens with one attached hydrogen (secondary N) is 2. The molecule has 2 bridgehead atoms. The van der Waals surface area contributed by atoms with Crippen LogP contribution in [0.15, 0.2) is 36.4 Å². The van der Waals surface area contributed by atoms with Crippen LogP contribution in [0, 0.1) is 32.1 Å². The quantitative estimate of drug-likeness (QED) is 0.315. The van der Waals surface area contributed by atoms with Gasteiger partial charge in [0, 0.05) is 40.9 Å². The number of phenolic OH excluding ortho intramolecular Hbond substituents is 2. The highest BCUT2D eigenvalue weighted by molar-refractivity contribution is 5.88. The predicted molar refractivity (Wildman–Crippen MR) is 177 cm³/mol. The van der Waals surface area contributed by atoms with Gasteiger partial charge in [-0.25, -0.2) is 0 Å². The number of fused-ring (bicyclic) bond motifs is 9. The summed E-state index contributed by atoms with van der Waals surface area (Å²) in [5, 5.41) is 39.8. The number of rotatable bonds is 6. The zero-order chi connectivity index (χ0) is 34.0. The Bertz CT molecular complexity index is 1860. The molecule has 250 valence electrons. The van der Waals surface area contributed by atoms with E-state index in [4.69, 9.17) is 9.47 Å². The van der Waals surface area contributed by atoms with Crippen molar-refractivity contribution in [3.8, 4) is 29.1 Å². The number of benzene rings is 3. The fourth-order valence-corrected chi connectivity index (χ4v) is 8.40. The smallest absolute Gasteiger partial charge is 0.242 e. The highest BCUT2D eigenvalue weighted by Gasteiger charge is 2.56. The lowest BCUT2D eigenvalue weighted by molar-refractivity contribution is -0.128. The topological polar surface area (TPSA) is 147 Å². The van der Waals surface area contributed by atoms with E-state index >= 15 is 0 Å². The Morgan fingerprint density at radius 2 is 1.75 bits per heavy atom. The fraction of sp³-hybridized carbons (Fsp3) is 0.432. The number of hydrogen-bond donors (Lipinski definition) is 4. The molecule has 11 nitrogen and oxygen atoms in total. The number of aryl methyl sites for hydroxylation is 1. The van der Waals surface area contributed by atoms with Crippen molar-refractivity contribution in [1.29, 1.82) is 5.26 Å². The summed E-state index contributed by atoms with van der Waals surface area (Å²) < 4.78 is 11.8. The maximum absolute atomic E-state index is 13.5. The van der Waals surface area contributed by atoms with E-state index in [0.29, 0.717) is 41.0 Å². The van der Waals surface area contributed by atoms with Crippen molar-refractivity contribution in [1.82, 2.24) is 20.4 Å². The molecular formula is C37H41N5O6. The number of carbonyl (C=O) groups excluding carboxylic acids is 2. The lowest BCUT2D eigenvalue weighted by atomic mass is 9.71. The van der Waals surface area contributed by atoms with Gasteiger partial charge in [0.1, 0.15) is 23.6 Å². The van der Waals surface area contributed by atoms with E-state index < -0.39 is 18.1 Å². The number of nitriles is 1. The highest BCUT2D eigenvalue weighted by Crippen LogP contribution is 2.57. The Kier molecular flexibility index (Phi) is 7.96. The van der Waals surface area contributed by atoms with E-state index in [1.807, 2.05) is 51.2 Å². The molecule has 0 aliphatic carbocycles. The first-order valence-corrected chi connectivity index (χ1v) is 16.5. The highest BCUT2D eigenvalue weighted by atomic mass is 16.7. The number of amides is 2. The summed E-state index contributed by atoms with van der Waals surface area (Å²) in [6.45, 7) is 7.42. The molecule has 4 heterocycles.